The first-order valence-electron chi connectivity index (χ1n) is 8.89. The molecule has 7 heteroatoms. The number of ether oxygens (including phenoxy) is 2. The molecule has 1 aliphatic rings. The molecule has 0 aliphatic carbocycles. The van der Waals surface area contributed by atoms with E-state index in [0.29, 0.717) is 36.5 Å². The van der Waals surface area contributed by atoms with Crippen molar-refractivity contribution in [1.82, 2.24) is 20.3 Å². The van der Waals surface area contributed by atoms with Crippen molar-refractivity contribution in [2.75, 3.05) is 19.8 Å². The Morgan fingerprint density at radius 3 is 2.85 bits per heavy atom. The average molecular weight is 354 g/mol. The lowest BCUT2D eigenvalue weighted by molar-refractivity contribution is 0.192. The summed E-state index contributed by atoms with van der Waals surface area (Å²) in [4.78, 5) is 4.48. The Labute approximate surface area is 151 Å². The fourth-order valence-corrected chi connectivity index (χ4v) is 2.81. The van der Waals surface area contributed by atoms with Crippen LogP contribution in [0.3, 0.4) is 0 Å². The van der Waals surface area contributed by atoms with E-state index < -0.39 is 0 Å². The second-order valence-corrected chi connectivity index (χ2v) is 6.91. The van der Waals surface area contributed by atoms with Crippen molar-refractivity contribution >= 4 is 0 Å². The van der Waals surface area contributed by atoms with Gasteiger partial charge in [0.15, 0.2) is 5.82 Å². The molecule has 0 unspecified atom stereocenters. The van der Waals surface area contributed by atoms with Gasteiger partial charge in [0, 0.05) is 18.1 Å². The lowest BCUT2D eigenvalue weighted by atomic mass is 10.1. The zero-order valence-corrected chi connectivity index (χ0v) is 14.9. The van der Waals surface area contributed by atoms with Gasteiger partial charge in [-0.25, -0.2) is 0 Å². The van der Waals surface area contributed by atoms with E-state index in [1.54, 1.807) is 0 Å². The van der Waals surface area contributed by atoms with E-state index in [2.05, 4.69) is 34.2 Å². The largest absolute Gasteiger partial charge is 0.493 e. The third-order valence-electron chi connectivity index (χ3n) is 4.28. The van der Waals surface area contributed by atoms with Crippen LogP contribution in [0.15, 0.2) is 34.9 Å². The smallest absolute Gasteiger partial charge is 0.275 e. The molecule has 2 aromatic heterocycles. The topological polar surface area (TPSA) is 86.1 Å². The molecule has 7 nitrogen and oxygen atoms in total. The summed E-state index contributed by atoms with van der Waals surface area (Å²) >= 11 is 0. The number of aromatic nitrogens is 4. The van der Waals surface area contributed by atoms with Gasteiger partial charge in [0.1, 0.15) is 11.4 Å². The molecule has 1 N–H and O–H groups in total. The number of hydrogen-bond acceptors (Lipinski definition) is 6. The quantitative estimate of drug-likeness (QED) is 0.727. The molecule has 0 amide bonds. The first-order chi connectivity index (χ1) is 12.7. The molecule has 1 aliphatic heterocycles. The molecular formula is C19H22N4O3. The number of H-pyrrole nitrogens is 1. The maximum absolute atomic E-state index is 5.71. The van der Waals surface area contributed by atoms with Crippen molar-refractivity contribution in [3.05, 3.63) is 36.2 Å². The van der Waals surface area contributed by atoms with Crippen LogP contribution in [0, 0.1) is 5.92 Å². The Morgan fingerprint density at radius 1 is 1.27 bits per heavy atom. The minimum absolute atomic E-state index is 0.216. The lowest BCUT2D eigenvalue weighted by Crippen LogP contribution is -2.04. The van der Waals surface area contributed by atoms with E-state index in [1.165, 1.54) is 0 Å². The fraction of sp³-hybridized carbons (Fsp3) is 0.421. The van der Waals surface area contributed by atoms with Crippen LogP contribution in [0.5, 0.6) is 5.75 Å². The molecule has 0 bridgehead atoms. The lowest BCUT2D eigenvalue weighted by Gasteiger charge is -2.08. The summed E-state index contributed by atoms with van der Waals surface area (Å²) in [5.41, 5.74) is 2.52. The normalized spacial score (nSPS) is 17.1. The standard InChI is InChI=1S/C19H22N4O3/c1-12(2)10-25-15-5-3-13(4-6-15)16-9-17(22-21-16)19-20-18(23-26-19)14-7-8-24-11-14/h3-6,9,12,14H,7-8,10-11H2,1-2H3,(H,21,22)/t14-/m1/s1. The van der Waals surface area contributed by atoms with Crippen molar-refractivity contribution < 1.29 is 14.0 Å². The molecule has 1 saturated heterocycles. The zero-order valence-electron chi connectivity index (χ0n) is 14.9. The Kier molecular flexibility index (Phi) is 4.71. The van der Waals surface area contributed by atoms with Crippen LogP contribution in [0.25, 0.3) is 22.8 Å². The number of rotatable bonds is 6. The van der Waals surface area contributed by atoms with Crippen molar-refractivity contribution in [1.29, 1.82) is 0 Å². The van der Waals surface area contributed by atoms with Gasteiger partial charge in [0.05, 0.1) is 18.9 Å². The van der Waals surface area contributed by atoms with Crippen LogP contribution < -0.4 is 4.74 Å². The van der Waals surface area contributed by atoms with E-state index in [1.807, 2.05) is 30.3 Å². The summed E-state index contributed by atoms with van der Waals surface area (Å²) in [5.74, 6) is 2.72. The highest BCUT2D eigenvalue weighted by molar-refractivity contribution is 5.65. The summed E-state index contributed by atoms with van der Waals surface area (Å²) in [6.07, 6.45) is 0.929. The highest BCUT2D eigenvalue weighted by atomic mass is 16.5. The Hall–Kier alpha value is -2.67. The van der Waals surface area contributed by atoms with E-state index in [4.69, 9.17) is 14.0 Å². The predicted octanol–water partition coefficient (Wildman–Crippen LogP) is 3.67. The first kappa shape index (κ1) is 16.8. The third-order valence-corrected chi connectivity index (χ3v) is 4.28. The van der Waals surface area contributed by atoms with Crippen LogP contribution in [0.2, 0.25) is 0 Å². The molecule has 3 aromatic rings. The Morgan fingerprint density at radius 2 is 2.12 bits per heavy atom. The maximum atomic E-state index is 5.71. The first-order valence-corrected chi connectivity index (χ1v) is 8.89. The third kappa shape index (κ3) is 3.62. The summed E-state index contributed by atoms with van der Waals surface area (Å²) in [7, 11) is 0. The van der Waals surface area contributed by atoms with E-state index in [0.717, 1.165) is 30.0 Å². The molecule has 1 atom stereocenters. The van der Waals surface area contributed by atoms with Crippen molar-refractivity contribution in [3.8, 4) is 28.6 Å². The van der Waals surface area contributed by atoms with Crippen molar-refractivity contribution in [2.45, 2.75) is 26.2 Å². The Balaban J connectivity index is 1.47. The number of nitrogens with zero attached hydrogens (tertiary/aromatic N) is 3. The highest BCUT2D eigenvalue weighted by Crippen LogP contribution is 2.27. The molecule has 3 heterocycles. The number of aromatic amines is 1. The van der Waals surface area contributed by atoms with Crippen molar-refractivity contribution in [3.63, 3.8) is 0 Å². The summed E-state index contributed by atoms with van der Waals surface area (Å²) in [5, 5.41) is 11.4. The molecule has 0 radical (unpaired) electrons. The second-order valence-electron chi connectivity index (χ2n) is 6.91. The average Bonchev–Trinajstić information content (AvgIpc) is 3.40. The fourth-order valence-electron chi connectivity index (χ4n) is 2.81. The number of nitrogens with one attached hydrogen (secondary N) is 1. The summed E-state index contributed by atoms with van der Waals surface area (Å²) in [6, 6.07) is 9.80. The monoisotopic (exact) mass is 354 g/mol. The molecule has 0 saturated carbocycles. The second kappa shape index (κ2) is 7.29. The van der Waals surface area contributed by atoms with Gasteiger partial charge in [-0.1, -0.05) is 19.0 Å². The van der Waals surface area contributed by atoms with Gasteiger partial charge >= 0.3 is 0 Å². The zero-order chi connectivity index (χ0) is 17.9. The molecule has 1 aromatic carbocycles. The van der Waals surface area contributed by atoms with Gasteiger partial charge in [0.25, 0.3) is 5.89 Å². The van der Waals surface area contributed by atoms with Crippen LogP contribution in [0.4, 0.5) is 0 Å². The number of hydrogen-bond donors (Lipinski definition) is 1. The van der Waals surface area contributed by atoms with Gasteiger partial charge in [-0.05, 0) is 42.7 Å². The minimum Gasteiger partial charge on any atom is -0.493 e. The molecular weight excluding hydrogens is 332 g/mol. The highest BCUT2D eigenvalue weighted by Gasteiger charge is 2.24. The van der Waals surface area contributed by atoms with Crippen LogP contribution in [-0.2, 0) is 4.74 Å². The van der Waals surface area contributed by atoms with Gasteiger partial charge in [-0.3, -0.25) is 5.10 Å². The van der Waals surface area contributed by atoms with E-state index in [9.17, 15) is 0 Å². The van der Waals surface area contributed by atoms with Gasteiger partial charge in [0.2, 0.25) is 0 Å². The Bertz CT molecular complexity index is 848. The van der Waals surface area contributed by atoms with Crippen LogP contribution >= 0.6 is 0 Å². The predicted molar refractivity (Wildman–Crippen MR) is 95.8 cm³/mol. The van der Waals surface area contributed by atoms with Crippen LogP contribution in [-0.4, -0.2) is 40.2 Å². The molecule has 26 heavy (non-hydrogen) atoms. The van der Waals surface area contributed by atoms with Crippen LogP contribution in [0.1, 0.15) is 32.0 Å². The minimum atomic E-state index is 0.216. The molecule has 0 spiro atoms. The van der Waals surface area contributed by atoms with E-state index in [-0.39, 0.29) is 5.92 Å². The van der Waals surface area contributed by atoms with Crippen molar-refractivity contribution in [2.24, 2.45) is 5.92 Å². The molecule has 4 rings (SSSR count). The van der Waals surface area contributed by atoms with E-state index >= 15 is 0 Å². The SMILES string of the molecule is CC(C)COc1ccc(-c2cc(-c3nc([C@@H]4CCOC4)no3)[nH]n2)cc1. The number of benzene rings is 1. The summed E-state index contributed by atoms with van der Waals surface area (Å²) < 4.78 is 16.5. The summed E-state index contributed by atoms with van der Waals surface area (Å²) in [6.45, 7) is 6.36. The maximum Gasteiger partial charge on any atom is 0.275 e. The van der Waals surface area contributed by atoms with Gasteiger partial charge in [-0.15, -0.1) is 0 Å². The molecule has 1 fully saturated rings. The van der Waals surface area contributed by atoms with Gasteiger partial charge < -0.3 is 14.0 Å². The molecule has 136 valence electrons. The van der Waals surface area contributed by atoms with Gasteiger partial charge in [-0.2, -0.15) is 10.1 Å².